The minimum Gasteiger partial charge on any atom is -0.490 e. The van der Waals surface area contributed by atoms with Gasteiger partial charge in [0.25, 0.3) is 0 Å². The topological polar surface area (TPSA) is 54.9 Å². The van der Waals surface area contributed by atoms with E-state index in [0.29, 0.717) is 23.8 Å². The lowest BCUT2D eigenvalue weighted by atomic mass is 9.77. The molecular weight excluding hydrogens is 458 g/mol. The van der Waals surface area contributed by atoms with Gasteiger partial charge in [0.1, 0.15) is 10.6 Å². The van der Waals surface area contributed by atoms with Gasteiger partial charge in [0.2, 0.25) is 5.91 Å². The SMILES string of the molecule is CCC1(N2CCOCC2)CCC(Oc2ccnc3sc4c(c23)[C@@H](CC(=O)N2CCCC2)CC4)CC1. The van der Waals surface area contributed by atoms with Gasteiger partial charge in [0.05, 0.1) is 24.7 Å². The van der Waals surface area contributed by atoms with Crippen LogP contribution in [-0.4, -0.2) is 71.7 Å². The summed E-state index contributed by atoms with van der Waals surface area (Å²) in [7, 11) is 0. The summed E-state index contributed by atoms with van der Waals surface area (Å²) in [6.45, 7) is 8.06. The Hall–Kier alpha value is -1.70. The number of pyridine rings is 1. The molecule has 2 aliphatic carbocycles. The summed E-state index contributed by atoms with van der Waals surface area (Å²) in [5, 5.41) is 1.20. The van der Waals surface area contributed by atoms with Crippen molar-refractivity contribution >= 4 is 27.5 Å². The molecule has 0 unspecified atom stereocenters. The van der Waals surface area contributed by atoms with E-state index in [1.807, 2.05) is 17.5 Å². The number of aromatic nitrogens is 1. The average Bonchev–Trinajstić information content (AvgIpc) is 3.64. The van der Waals surface area contributed by atoms with Crippen LogP contribution in [-0.2, 0) is 16.0 Å². The highest BCUT2D eigenvalue weighted by Gasteiger charge is 2.40. The molecule has 1 atom stereocenters. The van der Waals surface area contributed by atoms with Gasteiger partial charge in [-0.1, -0.05) is 6.92 Å². The molecule has 6 nitrogen and oxygen atoms in total. The fraction of sp³-hybridized carbons (Fsp3) is 0.714. The number of likely N-dealkylation sites (tertiary alicyclic amines) is 1. The lowest BCUT2D eigenvalue weighted by molar-refractivity contribution is -0.130. The van der Waals surface area contributed by atoms with Gasteiger partial charge < -0.3 is 14.4 Å². The summed E-state index contributed by atoms with van der Waals surface area (Å²) in [5.74, 6) is 1.63. The summed E-state index contributed by atoms with van der Waals surface area (Å²) in [5.41, 5.74) is 1.68. The summed E-state index contributed by atoms with van der Waals surface area (Å²) in [6, 6.07) is 2.07. The molecule has 0 spiro atoms. The number of carbonyl (C=O) groups is 1. The normalized spacial score (nSPS) is 29.6. The Labute approximate surface area is 213 Å². The zero-order valence-electron chi connectivity index (χ0n) is 21.1. The fourth-order valence-electron chi connectivity index (χ4n) is 7.10. The first-order chi connectivity index (χ1) is 17.2. The standard InChI is InChI=1S/C28H39N3O3S/c1-2-28(31-15-17-33-18-16-31)10-7-21(8-11-28)34-22-9-12-29-27-26(22)25-20(5-6-23(25)35-27)19-24(32)30-13-3-4-14-30/h9,12,20-21H,2-8,10-11,13-19H2,1H3/t20-,21?,28?/m1/s1. The Balaban J connectivity index is 1.19. The van der Waals surface area contributed by atoms with Crippen molar-refractivity contribution in [2.24, 2.45) is 0 Å². The van der Waals surface area contributed by atoms with E-state index in [1.54, 1.807) is 0 Å². The van der Waals surface area contributed by atoms with Crippen LogP contribution in [0, 0.1) is 0 Å². The van der Waals surface area contributed by atoms with E-state index >= 15 is 0 Å². The maximum Gasteiger partial charge on any atom is 0.223 e. The number of thiophene rings is 1. The molecule has 0 N–H and O–H groups in total. The van der Waals surface area contributed by atoms with Gasteiger partial charge in [-0.15, -0.1) is 11.3 Å². The van der Waals surface area contributed by atoms with Crippen molar-refractivity contribution in [1.29, 1.82) is 0 Å². The highest BCUT2D eigenvalue weighted by Crippen LogP contribution is 2.48. The van der Waals surface area contributed by atoms with Crippen molar-refractivity contribution in [3.8, 4) is 5.75 Å². The third-order valence-electron chi connectivity index (χ3n) is 9.17. The van der Waals surface area contributed by atoms with E-state index in [2.05, 4.69) is 22.8 Å². The van der Waals surface area contributed by atoms with Crippen LogP contribution in [0.1, 0.15) is 81.1 Å². The minimum absolute atomic E-state index is 0.253. The molecule has 1 saturated carbocycles. The number of rotatable bonds is 6. The summed E-state index contributed by atoms with van der Waals surface area (Å²) in [4.78, 5) is 24.9. The number of morpholine rings is 1. The predicted octanol–water partition coefficient (Wildman–Crippen LogP) is 5.14. The monoisotopic (exact) mass is 497 g/mol. The second kappa shape index (κ2) is 9.98. The predicted molar refractivity (Wildman–Crippen MR) is 139 cm³/mol. The van der Waals surface area contributed by atoms with Gasteiger partial charge in [-0.05, 0) is 75.3 Å². The molecule has 0 radical (unpaired) electrons. The Morgan fingerprint density at radius 3 is 2.69 bits per heavy atom. The Bertz CT molecular complexity index is 1050. The molecule has 2 saturated heterocycles. The maximum atomic E-state index is 13.0. The minimum atomic E-state index is 0.253. The van der Waals surface area contributed by atoms with E-state index in [4.69, 9.17) is 14.5 Å². The molecule has 3 fully saturated rings. The van der Waals surface area contributed by atoms with Gasteiger partial charge in [-0.3, -0.25) is 9.69 Å². The van der Waals surface area contributed by atoms with Crippen LogP contribution in [0.25, 0.3) is 10.2 Å². The third-order valence-corrected chi connectivity index (χ3v) is 10.3. The van der Waals surface area contributed by atoms with Crippen LogP contribution in [0.4, 0.5) is 0 Å². The van der Waals surface area contributed by atoms with Gasteiger partial charge in [0.15, 0.2) is 0 Å². The van der Waals surface area contributed by atoms with Crippen LogP contribution < -0.4 is 4.74 Å². The van der Waals surface area contributed by atoms with Crippen molar-refractivity contribution in [3.63, 3.8) is 0 Å². The number of ether oxygens (including phenoxy) is 2. The molecule has 0 bridgehead atoms. The summed E-state index contributed by atoms with van der Waals surface area (Å²) in [6.07, 6.45) is 13.0. The van der Waals surface area contributed by atoms with Gasteiger partial charge in [0, 0.05) is 49.2 Å². The zero-order chi connectivity index (χ0) is 23.8. The molecule has 6 rings (SSSR count). The van der Waals surface area contributed by atoms with Gasteiger partial charge in [-0.2, -0.15) is 0 Å². The zero-order valence-corrected chi connectivity index (χ0v) is 21.9. The summed E-state index contributed by atoms with van der Waals surface area (Å²) >= 11 is 1.81. The van der Waals surface area contributed by atoms with Gasteiger partial charge in [-0.25, -0.2) is 4.98 Å². The maximum absolute atomic E-state index is 13.0. The average molecular weight is 498 g/mol. The number of fused-ring (bicyclic) bond motifs is 3. The molecule has 35 heavy (non-hydrogen) atoms. The van der Waals surface area contributed by atoms with E-state index < -0.39 is 0 Å². The third kappa shape index (κ3) is 4.49. The number of nitrogens with zero attached hydrogens (tertiary/aromatic N) is 3. The van der Waals surface area contributed by atoms with Crippen molar-refractivity contribution in [2.75, 3.05) is 39.4 Å². The lowest BCUT2D eigenvalue weighted by Gasteiger charge is -2.49. The molecule has 1 amide bonds. The van der Waals surface area contributed by atoms with Crippen LogP contribution in [0.15, 0.2) is 12.3 Å². The van der Waals surface area contributed by atoms with Crippen molar-refractivity contribution in [1.82, 2.24) is 14.8 Å². The van der Waals surface area contributed by atoms with E-state index in [1.165, 1.54) is 35.1 Å². The van der Waals surface area contributed by atoms with E-state index in [9.17, 15) is 4.79 Å². The smallest absolute Gasteiger partial charge is 0.223 e. The van der Waals surface area contributed by atoms with Crippen molar-refractivity contribution in [2.45, 2.75) is 88.7 Å². The Morgan fingerprint density at radius 1 is 1.17 bits per heavy atom. The van der Waals surface area contributed by atoms with Crippen LogP contribution in [0.2, 0.25) is 0 Å². The molecule has 4 heterocycles. The Kier molecular flexibility index (Phi) is 6.76. The van der Waals surface area contributed by atoms with E-state index in [-0.39, 0.29) is 6.10 Å². The highest BCUT2D eigenvalue weighted by atomic mass is 32.1. The van der Waals surface area contributed by atoms with Crippen LogP contribution >= 0.6 is 11.3 Å². The lowest BCUT2D eigenvalue weighted by Crippen LogP contribution is -2.55. The van der Waals surface area contributed by atoms with Crippen molar-refractivity contribution < 1.29 is 14.3 Å². The first kappa shape index (κ1) is 23.7. The number of carbonyl (C=O) groups excluding carboxylic acids is 1. The summed E-state index contributed by atoms with van der Waals surface area (Å²) < 4.78 is 12.4. The molecule has 190 valence electrons. The number of hydrogen-bond donors (Lipinski definition) is 0. The number of amides is 1. The molecule has 2 aromatic rings. The van der Waals surface area contributed by atoms with Crippen LogP contribution in [0.5, 0.6) is 5.75 Å². The largest absolute Gasteiger partial charge is 0.490 e. The first-order valence-electron chi connectivity index (χ1n) is 13.8. The number of aryl methyl sites for hydroxylation is 1. The quantitative estimate of drug-likeness (QED) is 0.553. The molecule has 2 aromatic heterocycles. The first-order valence-corrected chi connectivity index (χ1v) is 14.7. The van der Waals surface area contributed by atoms with Crippen molar-refractivity contribution in [3.05, 3.63) is 22.7 Å². The van der Waals surface area contributed by atoms with Gasteiger partial charge >= 0.3 is 0 Å². The van der Waals surface area contributed by atoms with E-state index in [0.717, 1.165) is 88.5 Å². The fourth-order valence-corrected chi connectivity index (χ4v) is 8.35. The molecular formula is C28H39N3O3S. The molecule has 7 heteroatoms. The molecule has 4 aliphatic rings. The number of hydrogen-bond acceptors (Lipinski definition) is 6. The highest BCUT2D eigenvalue weighted by molar-refractivity contribution is 7.19. The molecule has 0 aromatic carbocycles. The Morgan fingerprint density at radius 2 is 1.94 bits per heavy atom. The van der Waals surface area contributed by atoms with Crippen LogP contribution in [0.3, 0.4) is 0 Å². The molecule has 2 aliphatic heterocycles. The second-order valence-corrected chi connectivity index (χ2v) is 12.0. The second-order valence-electron chi connectivity index (χ2n) is 11.0.